The minimum absolute atomic E-state index is 0.00314. The van der Waals surface area contributed by atoms with Crippen molar-refractivity contribution >= 4 is 17.9 Å². The van der Waals surface area contributed by atoms with Crippen molar-refractivity contribution in [1.82, 2.24) is 9.80 Å². The van der Waals surface area contributed by atoms with Gasteiger partial charge in [-0.3, -0.25) is 9.98 Å². The Morgan fingerprint density at radius 2 is 1.85 bits per heavy atom. The number of aryl methyl sites for hydroxylation is 2. The van der Waals surface area contributed by atoms with Gasteiger partial charge in [0.2, 0.25) is 0 Å². The standard InChI is InChI=1S/C28H39N5O/c1-18-11-19(2)13-21(12-18)22-14-24-26(25(15-22)34-5)30-27(20-7-6-9-29-16-20)31-28(24)33-10-8-23(17-33)32(3)4/h11-13,15-16,20,22-24,26H,6-10,14,17H2,1-5H3. The summed E-state index contributed by atoms with van der Waals surface area (Å²) in [7, 11) is 6.17. The molecule has 0 N–H and O–H groups in total. The summed E-state index contributed by atoms with van der Waals surface area (Å²) < 4.78 is 6.02. The minimum Gasteiger partial charge on any atom is -0.499 e. The van der Waals surface area contributed by atoms with Crippen LogP contribution in [0.25, 0.3) is 0 Å². The number of likely N-dealkylation sites (tertiary alicyclic amines) is 1. The maximum absolute atomic E-state index is 6.02. The number of rotatable bonds is 4. The van der Waals surface area contributed by atoms with Crippen LogP contribution in [0.15, 0.2) is 45.0 Å². The molecule has 182 valence electrons. The van der Waals surface area contributed by atoms with Crippen molar-refractivity contribution in [2.45, 2.75) is 57.5 Å². The molecular formula is C28H39N5O. The summed E-state index contributed by atoms with van der Waals surface area (Å²) in [6.45, 7) is 7.37. The highest BCUT2D eigenvalue weighted by molar-refractivity contribution is 6.07. The maximum atomic E-state index is 6.02. The molecule has 1 aliphatic carbocycles. The second kappa shape index (κ2) is 9.65. The van der Waals surface area contributed by atoms with Crippen molar-refractivity contribution in [2.24, 2.45) is 26.8 Å². The first-order chi connectivity index (χ1) is 16.4. The lowest BCUT2D eigenvalue weighted by atomic mass is 9.76. The highest BCUT2D eigenvalue weighted by Crippen LogP contribution is 2.41. The van der Waals surface area contributed by atoms with Gasteiger partial charge >= 0.3 is 0 Å². The molecule has 1 fully saturated rings. The van der Waals surface area contributed by atoms with Gasteiger partial charge in [-0.2, -0.15) is 0 Å². The fourth-order valence-electron chi connectivity index (χ4n) is 6.11. The molecule has 0 spiro atoms. The van der Waals surface area contributed by atoms with Crippen LogP contribution in [0.3, 0.4) is 0 Å². The van der Waals surface area contributed by atoms with Crippen LogP contribution in [0, 0.1) is 25.7 Å². The molecule has 4 aliphatic rings. The second-order valence-electron chi connectivity index (χ2n) is 10.7. The lowest BCUT2D eigenvalue weighted by Gasteiger charge is -2.40. The molecule has 0 saturated carbocycles. The smallest absolute Gasteiger partial charge is 0.134 e. The van der Waals surface area contributed by atoms with E-state index in [1.54, 1.807) is 7.11 Å². The first-order valence-electron chi connectivity index (χ1n) is 12.8. The van der Waals surface area contributed by atoms with E-state index in [1.807, 2.05) is 0 Å². The molecule has 0 radical (unpaired) electrons. The van der Waals surface area contributed by atoms with Crippen molar-refractivity contribution in [3.05, 3.63) is 46.7 Å². The van der Waals surface area contributed by atoms with Crippen molar-refractivity contribution in [1.29, 1.82) is 0 Å². The van der Waals surface area contributed by atoms with Gasteiger partial charge in [-0.15, -0.1) is 0 Å². The van der Waals surface area contributed by atoms with Crippen molar-refractivity contribution in [2.75, 3.05) is 40.8 Å². The Bertz CT molecular complexity index is 1020. The number of amidine groups is 2. The van der Waals surface area contributed by atoms with Crippen molar-refractivity contribution in [3.8, 4) is 0 Å². The molecule has 6 heteroatoms. The molecule has 6 nitrogen and oxygen atoms in total. The zero-order valence-electron chi connectivity index (χ0n) is 21.4. The zero-order chi connectivity index (χ0) is 23.8. The molecule has 1 saturated heterocycles. The number of hydrogen-bond donors (Lipinski definition) is 0. The third kappa shape index (κ3) is 4.57. The third-order valence-electron chi connectivity index (χ3n) is 7.92. The van der Waals surface area contributed by atoms with Gasteiger partial charge in [0.1, 0.15) is 23.5 Å². The minimum atomic E-state index is 0.00314. The predicted molar refractivity (Wildman–Crippen MR) is 140 cm³/mol. The second-order valence-corrected chi connectivity index (χ2v) is 10.7. The quantitative estimate of drug-likeness (QED) is 0.674. The van der Waals surface area contributed by atoms with E-state index in [4.69, 9.17) is 14.7 Å². The van der Waals surface area contributed by atoms with E-state index < -0.39 is 0 Å². The lowest BCUT2D eigenvalue weighted by Crippen LogP contribution is -2.47. The van der Waals surface area contributed by atoms with Crippen molar-refractivity contribution < 1.29 is 4.74 Å². The number of hydrogen-bond acceptors (Lipinski definition) is 6. The Hall–Kier alpha value is -2.47. The topological polar surface area (TPSA) is 52.8 Å². The summed E-state index contributed by atoms with van der Waals surface area (Å²) in [5, 5.41) is 0. The summed E-state index contributed by atoms with van der Waals surface area (Å²) in [5.41, 5.74) is 3.99. The zero-order valence-corrected chi connectivity index (χ0v) is 21.4. The molecule has 0 aromatic heterocycles. The van der Waals surface area contributed by atoms with Crippen LogP contribution in [-0.4, -0.2) is 80.6 Å². The molecule has 0 bridgehead atoms. The summed E-state index contributed by atoms with van der Waals surface area (Å²) >= 11 is 0. The number of allylic oxidation sites excluding steroid dienone is 1. The average molecular weight is 462 g/mol. The maximum Gasteiger partial charge on any atom is 0.134 e. The number of ether oxygens (including phenoxy) is 1. The molecule has 3 heterocycles. The Morgan fingerprint density at radius 3 is 2.50 bits per heavy atom. The number of fused-ring (bicyclic) bond motifs is 1. The van der Waals surface area contributed by atoms with Gasteiger partial charge in [0.05, 0.1) is 13.0 Å². The molecule has 1 aromatic rings. The fraction of sp³-hybridized carbons (Fsp3) is 0.607. The van der Waals surface area contributed by atoms with Crippen LogP contribution in [0.5, 0.6) is 0 Å². The number of likely N-dealkylation sites (N-methyl/N-ethyl adjacent to an activating group) is 1. The van der Waals surface area contributed by atoms with Gasteiger partial charge in [-0.1, -0.05) is 29.3 Å². The van der Waals surface area contributed by atoms with E-state index in [2.05, 4.69) is 73.2 Å². The van der Waals surface area contributed by atoms with E-state index in [1.165, 1.54) is 28.9 Å². The molecule has 3 aliphatic heterocycles. The van der Waals surface area contributed by atoms with Crippen LogP contribution in [-0.2, 0) is 4.74 Å². The molecule has 5 unspecified atom stereocenters. The molecule has 34 heavy (non-hydrogen) atoms. The summed E-state index contributed by atoms with van der Waals surface area (Å²) in [6.07, 6.45) is 8.77. The molecule has 5 atom stereocenters. The van der Waals surface area contributed by atoms with Crippen LogP contribution in [0.4, 0.5) is 0 Å². The Labute approximate surface area is 204 Å². The van der Waals surface area contributed by atoms with Crippen LogP contribution in [0.2, 0.25) is 0 Å². The lowest BCUT2D eigenvalue weighted by molar-refractivity contribution is 0.229. The van der Waals surface area contributed by atoms with Gasteiger partial charge in [-0.25, -0.2) is 4.99 Å². The number of nitrogens with zero attached hydrogens (tertiary/aromatic N) is 5. The predicted octanol–water partition coefficient (Wildman–Crippen LogP) is 4.23. The average Bonchev–Trinajstić information content (AvgIpc) is 3.33. The largest absolute Gasteiger partial charge is 0.499 e. The van der Waals surface area contributed by atoms with Crippen LogP contribution >= 0.6 is 0 Å². The monoisotopic (exact) mass is 461 g/mol. The summed E-state index contributed by atoms with van der Waals surface area (Å²) in [4.78, 5) is 20.0. The van der Waals surface area contributed by atoms with Gasteiger partial charge < -0.3 is 14.5 Å². The first-order valence-corrected chi connectivity index (χ1v) is 12.8. The summed E-state index contributed by atoms with van der Waals surface area (Å²) in [6, 6.07) is 7.47. The Balaban J connectivity index is 1.53. The van der Waals surface area contributed by atoms with Crippen LogP contribution in [0.1, 0.15) is 48.3 Å². The highest BCUT2D eigenvalue weighted by atomic mass is 16.5. The molecule has 1 aromatic carbocycles. The fourth-order valence-corrected chi connectivity index (χ4v) is 6.11. The van der Waals surface area contributed by atoms with E-state index in [0.29, 0.717) is 12.0 Å². The van der Waals surface area contributed by atoms with Gasteiger partial charge in [-0.05, 0) is 65.3 Å². The highest BCUT2D eigenvalue weighted by Gasteiger charge is 2.43. The number of methoxy groups -OCH3 is 1. The normalized spacial score (nSPS) is 31.2. The molecule has 5 rings (SSSR count). The first kappa shape index (κ1) is 23.3. The molecular weight excluding hydrogens is 422 g/mol. The SMILES string of the molecule is COC1=CC(c2cc(C)cc(C)c2)CC2C(N3CCC(N(C)C)C3)=NC(C3C=NCCC3)=NC12. The number of benzene rings is 1. The Morgan fingerprint density at radius 1 is 1.06 bits per heavy atom. The van der Waals surface area contributed by atoms with Gasteiger partial charge in [0, 0.05) is 43.7 Å². The van der Waals surface area contributed by atoms with E-state index in [-0.39, 0.29) is 17.9 Å². The Kier molecular flexibility index (Phi) is 6.61. The van der Waals surface area contributed by atoms with Crippen molar-refractivity contribution in [3.63, 3.8) is 0 Å². The van der Waals surface area contributed by atoms with E-state index in [9.17, 15) is 0 Å². The number of aliphatic imine (C=N–C) groups is 3. The van der Waals surface area contributed by atoms with Gasteiger partial charge in [0.15, 0.2) is 0 Å². The third-order valence-corrected chi connectivity index (χ3v) is 7.92. The van der Waals surface area contributed by atoms with E-state index >= 15 is 0 Å². The molecule has 0 amide bonds. The summed E-state index contributed by atoms with van der Waals surface area (Å²) in [5.74, 6) is 3.90. The van der Waals surface area contributed by atoms with E-state index in [0.717, 1.165) is 50.5 Å². The van der Waals surface area contributed by atoms with Gasteiger partial charge in [0.25, 0.3) is 0 Å². The van der Waals surface area contributed by atoms with Crippen LogP contribution < -0.4 is 0 Å².